The van der Waals surface area contributed by atoms with Crippen LogP contribution in [0.2, 0.25) is 0 Å². The molecule has 0 radical (unpaired) electrons. The first kappa shape index (κ1) is 25.5. The first-order chi connectivity index (χ1) is 14.9. The lowest BCUT2D eigenvalue weighted by Gasteiger charge is -2.36. The highest BCUT2D eigenvalue weighted by molar-refractivity contribution is 7.86. The van der Waals surface area contributed by atoms with Crippen LogP contribution in [0, 0.1) is 6.92 Å². The predicted octanol–water partition coefficient (Wildman–Crippen LogP) is 2.41. The summed E-state index contributed by atoms with van der Waals surface area (Å²) in [6, 6.07) is 6.46. The Morgan fingerprint density at radius 3 is 1.66 bits per heavy atom. The van der Waals surface area contributed by atoms with Gasteiger partial charge in [0.05, 0.1) is 44.5 Å². The van der Waals surface area contributed by atoms with Gasteiger partial charge < -0.3 is 28.4 Å². The lowest BCUT2D eigenvalue weighted by Crippen LogP contribution is -2.45. The highest BCUT2D eigenvalue weighted by Gasteiger charge is 2.32. The summed E-state index contributed by atoms with van der Waals surface area (Å²) < 4.78 is 65.1. The van der Waals surface area contributed by atoms with Crippen molar-refractivity contribution < 1.29 is 41.0 Å². The Balaban J connectivity index is 1.60. The Hall–Kier alpha value is -1.11. The van der Waals surface area contributed by atoms with Gasteiger partial charge in [-0.3, -0.25) is 4.18 Å². The third kappa shape index (κ3) is 7.74. The highest BCUT2D eigenvalue weighted by atomic mass is 32.2. The maximum Gasteiger partial charge on any atom is 0.297 e. The molecule has 3 rings (SSSR count). The molecule has 0 aromatic heterocycles. The van der Waals surface area contributed by atoms with E-state index in [2.05, 4.69) is 0 Å². The van der Waals surface area contributed by atoms with Crippen LogP contribution in [0.25, 0.3) is 0 Å². The van der Waals surface area contributed by atoms with Crippen LogP contribution < -0.4 is 0 Å². The molecule has 2 aliphatic rings. The molecule has 1 aromatic carbocycles. The van der Waals surface area contributed by atoms with Crippen molar-refractivity contribution in [2.75, 3.05) is 39.6 Å². The zero-order chi connectivity index (χ0) is 23.4. The van der Waals surface area contributed by atoms with Gasteiger partial charge in [-0.2, -0.15) is 8.42 Å². The zero-order valence-electron chi connectivity index (χ0n) is 19.4. The van der Waals surface area contributed by atoms with Crippen LogP contribution >= 0.6 is 0 Å². The van der Waals surface area contributed by atoms with Crippen LogP contribution in [0.3, 0.4) is 0 Å². The third-order valence-corrected chi connectivity index (χ3v) is 6.45. The first-order valence-electron chi connectivity index (χ1n) is 10.7. The van der Waals surface area contributed by atoms with Crippen LogP contribution in [-0.2, 0) is 42.7 Å². The van der Waals surface area contributed by atoms with E-state index < -0.39 is 27.8 Å². The second-order valence-corrected chi connectivity index (χ2v) is 10.5. The summed E-state index contributed by atoms with van der Waals surface area (Å²) in [5.74, 6) is -1.33. The summed E-state index contributed by atoms with van der Waals surface area (Å²) in [6.07, 6.45) is -1.54. The van der Waals surface area contributed by atoms with Crippen LogP contribution in [0.1, 0.15) is 33.3 Å². The van der Waals surface area contributed by atoms with Crippen molar-refractivity contribution in [3.63, 3.8) is 0 Å². The van der Waals surface area contributed by atoms with Crippen molar-refractivity contribution in [3.05, 3.63) is 29.8 Å². The van der Waals surface area contributed by atoms with Gasteiger partial charge in [-0.1, -0.05) is 17.7 Å². The fourth-order valence-electron chi connectivity index (χ4n) is 3.08. The van der Waals surface area contributed by atoms with Gasteiger partial charge in [-0.15, -0.1) is 0 Å². The first-order valence-corrected chi connectivity index (χ1v) is 12.1. The minimum absolute atomic E-state index is 0.0111. The molecule has 2 saturated heterocycles. The molecule has 0 N–H and O–H groups in total. The second kappa shape index (κ2) is 10.4. The van der Waals surface area contributed by atoms with E-state index in [1.54, 1.807) is 12.1 Å². The number of hydrogen-bond donors (Lipinski definition) is 0. The molecule has 0 amide bonds. The number of benzene rings is 1. The third-order valence-electron chi connectivity index (χ3n) is 5.08. The predicted molar refractivity (Wildman–Crippen MR) is 115 cm³/mol. The van der Waals surface area contributed by atoms with Gasteiger partial charge in [0.25, 0.3) is 10.1 Å². The van der Waals surface area contributed by atoms with Gasteiger partial charge in [0.2, 0.25) is 0 Å². The van der Waals surface area contributed by atoms with Crippen LogP contribution in [-0.4, -0.2) is 77.9 Å². The molecule has 0 atom stereocenters. The van der Waals surface area contributed by atoms with Gasteiger partial charge in [0.15, 0.2) is 11.6 Å². The van der Waals surface area contributed by atoms with E-state index in [9.17, 15) is 8.42 Å². The minimum atomic E-state index is -4.00. The Labute approximate surface area is 190 Å². The fourth-order valence-corrected chi connectivity index (χ4v) is 4.13. The molecule has 9 nitrogen and oxygen atoms in total. The van der Waals surface area contributed by atoms with E-state index in [0.717, 1.165) is 5.56 Å². The standard InChI is InChI=1S/C22H34O9S/c1-16-6-8-20(9-7-16)32(23,24)31-19(10-25-17-12-27-21(2,3)28-13-17)11-26-18-14-29-22(4,5)30-15-18/h6-9,17-19H,10-15H2,1-5H3. The lowest BCUT2D eigenvalue weighted by molar-refractivity contribution is -0.285. The maximum absolute atomic E-state index is 12.8. The van der Waals surface area contributed by atoms with E-state index in [4.69, 9.17) is 32.6 Å². The zero-order valence-corrected chi connectivity index (χ0v) is 20.2. The van der Waals surface area contributed by atoms with Crippen LogP contribution in [0.4, 0.5) is 0 Å². The van der Waals surface area contributed by atoms with Crippen molar-refractivity contribution in [1.29, 1.82) is 0 Å². The summed E-state index contributed by atoms with van der Waals surface area (Å²) in [5.41, 5.74) is 0.951. The van der Waals surface area contributed by atoms with E-state index in [0.29, 0.717) is 26.4 Å². The SMILES string of the molecule is Cc1ccc(S(=O)(=O)OC(COC2COC(C)(C)OC2)COC2COC(C)(C)OC2)cc1. The molecular weight excluding hydrogens is 440 g/mol. The molecular formula is C22H34O9S. The molecule has 0 saturated carbocycles. The summed E-state index contributed by atoms with van der Waals surface area (Å²) >= 11 is 0. The van der Waals surface area contributed by atoms with Gasteiger partial charge in [0.1, 0.15) is 18.3 Å². The van der Waals surface area contributed by atoms with Crippen LogP contribution in [0.15, 0.2) is 29.2 Å². The number of ether oxygens (including phenoxy) is 6. The van der Waals surface area contributed by atoms with E-state index >= 15 is 0 Å². The van der Waals surface area contributed by atoms with Crippen molar-refractivity contribution in [3.8, 4) is 0 Å². The van der Waals surface area contributed by atoms with Crippen LogP contribution in [0.5, 0.6) is 0 Å². The average molecular weight is 475 g/mol. The molecule has 0 unspecified atom stereocenters. The average Bonchev–Trinajstić information content (AvgIpc) is 2.72. The molecule has 0 bridgehead atoms. The Bertz CT molecular complexity index is 783. The fraction of sp³-hybridized carbons (Fsp3) is 0.727. The Morgan fingerprint density at radius 1 is 0.844 bits per heavy atom. The molecule has 1 aromatic rings. The molecule has 2 aliphatic heterocycles. The summed E-state index contributed by atoms with van der Waals surface area (Å²) in [5, 5.41) is 0. The number of aryl methyl sites for hydroxylation is 1. The highest BCUT2D eigenvalue weighted by Crippen LogP contribution is 2.22. The monoisotopic (exact) mass is 474 g/mol. The van der Waals surface area contributed by atoms with E-state index in [-0.39, 0.29) is 30.3 Å². The van der Waals surface area contributed by atoms with Gasteiger partial charge in [-0.25, -0.2) is 0 Å². The minimum Gasteiger partial charge on any atom is -0.371 e. The van der Waals surface area contributed by atoms with Crippen molar-refractivity contribution in [2.24, 2.45) is 0 Å². The van der Waals surface area contributed by atoms with Crippen molar-refractivity contribution in [2.45, 2.75) is 69.4 Å². The maximum atomic E-state index is 12.8. The summed E-state index contributed by atoms with van der Waals surface area (Å²) in [7, 11) is -4.00. The van der Waals surface area contributed by atoms with E-state index in [1.165, 1.54) is 12.1 Å². The van der Waals surface area contributed by atoms with Crippen molar-refractivity contribution >= 4 is 10.1 Å². The van der Waals surface area contributed by atoms with Gasteiger partial charge in [-0.05, 0) is 46.8 Å². The van der Waals surface area contributed by atoms with E-state index in [1.807, 2.05) is 34.6 Å². The smallest absolute Gasteiger partial charge is 0.297 e. The number of hydrogen-bond acceptors (Lipinski definition) is 9. The normalized spacial score (nSPS) is 22.3. The lowest BCUT2D eigenvalue weighted by atomic mass is 10.2. The molecule has 2 fully saturated rings. The quantitative estimate of drug-likeness (QED) is 0.500. The largest absolute Gasteiger partial charge is 0.371 e. The molecule has 182 valence electrons. The molecule has 32 heavy (non-hydrogen) atoms. The molecule has 0 spiro atoms. The topological polar surface area (TPSA) is 98.8 Å². The Kier molecular flexibility index (Phi) is 8.32. The van der Waals surface area contributed by atoms with Gasteiger partial charge in [0, 0.05) is 0 Å². The van der Waals surface area contributed by atoms with Crippen molar-refractivity contribution in [1.82, 2.24) is 0 Å². The Morgan fingerprint density at radius 2 is 1.25 bits per heavy atom. The molecule has 0 aliphatic carbocycles. The molecule has 10 heteroatoms. The summed E-state index contributed by atoms with van der Waals surface area (Å²) in [6.45, 7) is 10.5. The summed E-state index contributed by atoms with van der Waals surface area (Å²) in [4.78, 5) is 0.0743. The second-order valence-electron chi connectivity index (χ2n) is 8.94. The number of rotatable bonds is 9. The molecule has 2 heterocycles. The van der Waals surface area contributed by atoms with Gasteiger partial charge >= 0.3 is 0 Å².